The molecule has 5 heteroatoms. The Kier molecular flexibility index (Phi) is 3.54. The van der Waals surface area contributed by atoms with Crippen LogP contribution in [0.4, 0.5) is 5.69 Å². The van der Waals surface area contributed by atoms with E-state index in [9.17, 15) is 10.1 Å². The predicted molar refractivity (Wildman–Crippen MR) is 97.5 cm³/mol. The highest BCUT2D eigenvalue weighted by Crippen LogP contribution is 2.26. The van der Waals surface area contributed by atoms with Gasteiger partial charge in [0, 0.05) is 30.1 Å². The Hall–Kier alpha value is -3.47. The average Bonchev–Trinajstić information content (AvgIpc) is 3.05. The fraction of sp³-hybridized carbons (Fsp3) is 0.0500. The van der Waals surface area contributed by atoms with Crippen molar-refractivity contribution in [3.05, 3.63) is 88.7 Å². The minimum Gasteiger partial charge on any atom is -0.306 e. The predicted octanol–water partition coefficient (Wildman–Crippen LogP) is 4.88. The van der Waals surface area contributed by atoms with E-state index >= 15 is 0 Å². The van der Waals surface area contributed by atoms with E-state index in [0.29, 0.717) is 0 Å². The Bertz CT molecular complexity index is 1060. The first kappa shape index (κ1) is 15.1. The van der Waals surface area contributed by atoms with Crippen LogP contribution in [-0.4, -0.2) is 14.3 Å². The SMILES string of the molecule is Cc1ccn2cc(-c3ccc(-c4ccc([N+](=O)[O-])cc4)cc3)nc2c1. The Balaban J connectivity index is 1.65. The number of hydrogen-bond donors (Lipinski definition) is 0. The third-order valence-corrected chi connectivity index (χ3v) is 4.21. The van der Waals surface area contributed by atoms with Gasteiger partial charge in [0.25, 0.3) is 5.69 Å². The maximum absolute atomic E-state index is 10.7. The molecule has 122 valence electrons. The molecule has 4 rings (SSSR count). The van der Waals surface area contributed by atoms with E-state index in [4.69, 9.17) is 0 Å². The lowest BCUT2D eigenvalue weighted by Crippen LogP contribution is -1.87. The monoisotopic (exact) mass is 329 g/mol. The van der Waals surface area contributed by atoms with Crippen LogP contribution in [0, 0.1) is 17.0 Å². The molecule has 2 aromatic carbocycles. The number of aryl methyl sites for hydroxylation is 1. The maximum Gasteiger partial charge on any atom is 0.269 e. The van der Waals surface area contributed by atoms with Crippen LogP contribution in [0.3, 0.4) is 0 Å². The molecule has 2 heterocycles. The highest BCUT2D eigenvalue weighted by Gasteiger charge is 2.07. The number of pyridine rings is 1. The smallest absolute Gasteiger partial charge is 0.269 e. The number of fused-ring (bicyclic) bond motifs is 1. The summed E-state index contributed by atoms with van der Waals surface area (Å²) in [7, 11) is 0. The van der Waals surface area contributed by atoms with Crippen LogP contribution in [0.5, 0.6) is 0 Å². The van der Waals surface area contributed by atoms with E-state index in [2.05, 4.69) is 17.1 Å². The second-order valence-electron chi connectivity index (χ2n) is 5.98. The van der Waals surface area contributed by atoms with Crippen molar-refractivity contribution >= 4 is 11.3 Å². The van der Waals surface area contributed by atoms with Gasteiger partial charge in [0.05, 0.1) is 10.6 Å². The third-order valence-electron chi connectivity index (χ3n) is 4.21. The van der Waals surface area contributed by atoms with Gasteiger partial charge in [0.2, 0.25) is 0 Å². The molecular formula is C20H15N3O2. The molecule has 0 radical (unpaired) electrons. The van der Waals surface area contributed by atoms with Crippen LogP contribution in [0.15, 0.2) is 73.1 Å². The van der Waals surface area contributed by atoms with Crippen LogP contribution in [0.25, 0.3) is 28.0 Å². The summed E-state index contributed by atoms with van der Waals surface area (Å²) in [5.74, 6) is 0. The van der Waals surface area contributed by atoms with Gasteiger partial charge in [-0.1, -0.05) is 24.3 Å². The van der Waals surface area contributed by atoms with E-state index in [1.54, 1.807) is 12.1 Å². The van der Waals surface area contributed by atoms with Crippen molar-refractivity contribution in [1.29, 1.82) is 0 Å². The Morgan fingerprint density at radius 3 is 2.16 bits per heavy atom. The van der Waals surface area contributed by atoms with Gasteiger partial charge >= 0.3 is 0 Å². The van der Waals surface area contributed by atoms with Crippen molar-refractivity contribution in [2.24, 2.45) is 0 Å². The van der Waals surface area contributed by atoms with Crippen molar-refractivity contribution < 1.29 is 4.92 Å². The summed E-state index contributed by atoms with van der Waals surface area (Å²) in [5.41, 5.74) is 6.11. The summed E-state index contributed by atoms with van der Waals surface area (Å²) in [6.07, 6.45) is 4.02. The van der Waals surface area contributed by atoms with Crippen molar-refractivity contribution in [3.8, 4) is 22.4 Å². The summed E-state index contributed by atoms with van der Waals surface area (Å²) < 4.78 is 2.01. The second kappa shape index (κ2) is 5.87. The molecule has 4 aromatic rings. The molecule has 0 saturated heterocycles. The average molecular weight is 329 g/mol. The van der Waals surface area contributed by atoms with Crippen molar-refractivity contribution in [3.63, 3.8) is 0 Å². The van der Waals surface area contributed by atoms with Gasteiger partial charge in [-0.15, -0.1) is 0 Å². The Labute approximate surface area is 144 Å². The van der Waals surface area contributed by atoms with Gasteiger partial charge < -0.3 is 4.40 Å². The largest absolute Gasteiger partial charge is 0.306 e. The summed E-state index contributed by atoms with van der Waals surface area (Å²) in [6, 6.07) is 18.7. The third kappa shape index (κ3) is 2.87. The highest BCUT2D eigenvalue weighted by molar-refractivity contribution is 5.70. The first-order chi connectivity index (χ1) is 12.1. The quantitative estimate of drug-likeness (QED) is 0.397. The summed E-state index contributed by atoms with van der Waals surface area (Å²) in [6.45, 7) is 2.05. The normalized spacial score (nSPS) is 10.9. The van der Waals surface area contributed by atoms with Crippen LogP contribution < -0.4 is 0 Å². The summed E-state index contributed by atoms with van der Waals surface area (Å²) in [4.78, 5) is 15.0. The van der Waals surface area contributed by atoms with Gasteiger partial charge in [-0.05, 0) is 47.9 Å². The molecule has 0 unspecified atom stereocenters. The van der Waals surface area contributed by atoms with E-state index in [1.165, 1.54) is 17.7 Å². The number of nitro groups is 1. The lowest BCUT2D eigenvalue weighted by atomic mass is 10.0. The van der Waals surface area contributed by atoms with E-state index < -0.39 is 4.92 Å². The zero-order valence-electron chi connectivity index (χ0n) is 13.6. The molecule has 0 atom stereocenters. The van der Waals surface area contributed by atoms with Gasteiger partial charge in [0.15, 0.2) is 0 Å². The zero-order valence-corrected chi connectivity index (χ0v) is 13.6. The first-order valence-corrected chi connectivity index (χ1v) is 7.91. The Morgan fingerprint density at radius 2 is 1.52 bits per heavy atom. The molecule has 0 saturated carbocycles. The van der Waals surface area contributed by atoms with Gasteiger partial charge in [-0.2, -0.15) is 0 Å². The maximum atomic E-state index is 10.7. The van der Waals surface area contributed by atoms with Gasteiger partial charge in [0.1, 0.15) is 5.65 Å². The molecule has 25 heavy (non-hydrogen) atoms. The summed E-state index contributed by atoms with van der Waals surface area (Å²) >= 11 is 0. The molecule has 0 spiro atoms. The number of benzene rings is 2. The Morgan fingerprint density at radius 1 is 0.920 bits per heavy atom. The van der Waals surface area contributed by atoms with E-state index in [0.717, 1.165) is 28.0 Å². The molecule has 0 aliphatic heterocycles. The number of rotatable bonds is 3. The number of nitrogens with zero attached hydrogens (tertiary/aromatic N) is 3. The molecular weight excluding hydrogens is 314 g/mol. The molecule has 0 aliphatic rings. The molecule has 5 nitrogen and oxygen atoms in total. The van der Waals surface area contributed by atoms with Gasteiger partial charge in [-0.25, -0.2) is 4.98 Å². The number of hydrogen-bond acceptors (Lipinski definition) is 3. The van der Waals surface area contributed by atoms with E-state index in [1.807, 2.05) is 48.0 Å². The second-order valence-corrected chi connectivity index (χ2v) is 5.98. The molecule has 0 aliphatic carbocycles. The van der Waals surface area contributed by atoms with Crippen LogP contribution in [0.2, 0.25) is 0 Å². The lowest BCUT2D eigenvalue weighted by molar-refractivity contribution is -0.384. The van der Waals surface area contributed by atoms with Crippen molar-refractivity contribution in [1.82, 2.24) is 9.38 Å². The topological polar surface area (TPSA) is 60.4 Å². The fourth-order valence-corrected chi connectivity index (χ4v) is 2.83. The number of imidazole rings is 1. The lowest BCUT2D eigenvalue weighted by Gasteiger charge is -2.03. The van der Waals surface area contributed by atoms with Crippen molar-refractivity contribution in [2.75, 3.05) is 0 Å². The van der Waals surface area contributed by atoms with Crippen LogP contribution in [-0.2, 0) is 0 Å². The first-order valence-electron chi connectivity index (χ1n) is 7.91. The molecule has 2 aromatic heterocycles. The number of nitro benzene ring substituents is 1. The van der Waals surface area contributed by atoms with Gasteiger partial charge in [-0.3, -0.25) is 10.1 Å². The summed E-state index contributed by atoms with van der Waals surface area (Å²) in [5, 5.41) is 10.7. The molecule has 0 N–H and O–H groups in total. The fourth-order valence-electron chi connectivity index (χ4n) is 2.83. The van der Waals surface area contributed by atoms with Crippen molar-refractivity contribution in [2.45, 2.75) is 6.92 Å². The minimum absolute atomic E-state index is 0.0976. The molecule has 0 bridgehead atoms. The minimum atomic E-state index is -0.391. The highest BCUT2D eigenvalue weighted by atomic mass is 16.6. The van der Waals surface area contributed by atoms with E-state index in [-0.39, 0.29) is 5.69 Å². The molecule has 0 fully saturated rings. The number of non-ortho nitro benzene ring substituents is 1. The molecule has 0 amide bonds. The van der Waals surface area contributed by atoms with Crippen LogP contribution >= 0.6 is 0 Å². The number of aromatic nitrogens is 2. The standard InChI is InChI=1S/C20H15N3O2/c1-14-10-11-22-13-19(21-20(22)12-14)17-4-2-15(3-5-17)16-6-8-18(9-7-16)23(24)25/h2-13H,1H3. The van der Waals surface area contributed by atoms with Crippen LogP contribution in [0.1, 0.15) is 5.56 Å². The zero-order chi connectivity index (χ0) is 17.4.